The van der Waals surface area contributed by atoms with Crippen LogP contribution in [0.15, 0.2) is 54.6 Å². The van der Waals surface area contributed by atoms with Gasteiger partial charge in [-0.05, 0) is 36.6 Å². The molecule has 1 saturated heterocycles. The predicted molar refractivity (Wildman–Crippen MR) is 96.8 cm³/mol. The highest BCUT2D eigenvalue weighted by molar-refractivity contribution is 5.99. The van der Waals surface area contributed by atoms with E-state index < -0.39 is 12.0 Å². The van der Waals surface area contributed by atoms with E-state index in [1.165, 1.54) is 12.1 Å². The van der Waals surface area contributed by atoms with Gasteiger partial charge in [-0.2, -0.15) is 0 Å². The Hall–Kier alpha value is -3.15. The normalized spacial score (nSPS) is 15.4. The number of likely N-dealkylation sites (tertiary alicyclic amines) is 1. The number of piperidine rings is 1. The third kappa shape index (κ3) is 3.91. The predicted octanol–water partition coefficient (Wildman–Crippen LogP) is 3.08. The molecule has 1 unspecified atom stereocenters. The van der Waals surface area contributed by atoms with Gasteiger partial charge in [0.1, 0.15) is 6.04 Å². The van der Waals surface area contributed by atoms with E-state index in [1.807, 2.05) is 30.3 Å². The van der Waals surface area contributed by atoms with Crippen LogP contribution in [0.4, 0.5) is 5.69 Å². The summed E-state index contributed by atoms with van der Waals surface area (Å²) >= 11 is 0. The number of nitrogens with zero attached hydrogens (tertiary/aromatic N) is 1. The number of hydrogen-bond acceptors (Lipinski definition) is 3. The second kappa shape index (κ2) is 7.82. The summed E-state index contributed by atoms with van der Waals surface area (Å²) in [6, 6.07) is 14.5. The molecule has 1 fully saturated rings. The molecule has 3 rings (SSSR count). The van der Waals surface area contributed by atoms with Gasteiger partial charge in [-0.3, -0.25) is 9.59 Å². The van der Waals surface area contributed by atoms with Gasteiger partial charge in [0.05, 0.1) is 5.56 Å². The van der Waals surface area contributed by atoms with Crippen molar-refractivity contribution in [2.45, 2.75) is 25.3 Å². The van der Waals surface area contributed by atoms with E-state index in [2.05, 4.69) is 5.32 Å². The minimum absolute atomic E-state index is 0.0421. The van der Waals surface area contributed by atoms with Crippen LogP contribution >= 0.6 is 0 Å². The lowest BCUT2D eigenvalue weighted by Gasteiger charge is -2.34. The van der Waals surface area contributed by atoms with Crippen molar-refractivity contribution in [3.05, 3.63) is 65.7 Å². The number of hydrogen-bond donors (Lipinski definition) is 2. The minimum atomic E-state index is -1.06. The molecule has 0 bridgehead atoms. The number of carboxylic acid groups (broad SMARTS) is 1. The van der Waals surface area contributed by atoms with E-state index in [0.717, 1.165) is 18.4 Å². The molecule has 0 aromatic heterocycles. The number of benzene rings is 2. The standard InChI is InChI=1S/C20H20N2O4/c23-17-11-4-5-12-22(17)18(14-7-2-1-3-8-14)19(24)21-16-10-6-9-15(13-16)20(25)26/h1-3,6-10,13,18H,4-5,11-12H2,(H,21,24)(H,25,26). The van der Waals surface area contributed by atoms with Crippen LogP contribution in [0.5, 0.6) is 0 Å². The van der Waals surface area contributed by atoms with Crippen molar-refractivity contribution in [3.63, 3.8) is 0 Å². The zero-order chi connectivity index (χ0) is 18.5. The number of rotatable bonds is 5. The SMILES string of the molecule is O=C(O)c1cccc(NC(=O)C(c2ccccc2)N2CCCCC2=O)c1. The molecule has 26 heavy (non-hydrogen) atoms. The Balaban J connectivity index is 1.89. The lowest BCUT2D eigenvalue weighted by atomic mass is 10.0. The number of carbonyl (C=O) groups is 3. The molecular weight excluding hydrogens is 332 g/mol. The monoisotopic (exact) mass is 352 g/mol. The Morgan fingerprint density at radius 2 is 1.81 bits per heavy atom. The van der Waals surface area contributed by atoms with Crippen LogP contribution < -0.4 is 5.32 Å². The topological polar surface area (TPSA) is 86.7 Å². The number of carboxylic acids is 1. The Kier molecular flexibility index (Phi) is 5.31. The van der Waals surface area contributed by atoms with E-state index >= 15 is 0 Å². The Bertz CT molecular complexity index is 820. The van der Waals surface area contributed by atoms with E-state index in [1.54, 1.807) is 17.0 Å². The molecule has 134 valence electrons. The van der Waals surface area contributed by atoms with Gasteiger partial charge in [-0.15, -0.1) is 0 Å². The third-order valence-electron chi connectivity index (χ3n) is 4.41. The summed E-state index contributed by atoms with van der Waals surface area (Å²) in [6.45, 7) is 0.529. The summed E-state index contributed by atoms with van der Waals surface area (Å²) < 4.78 is 0. The summed E-state index contributed by atoms with van der Waals surface area (Å²) in [5.41, 5.74) is 1.21. The Morgan fingerprint density at radius 3 is 2.50 bits per heavy atom. The first-order valence-electron chi connectivity index (χ1n) is 8.55. The van der Waals surface area contributed by atoms with Crippen molar-refractivity contribution in [2.24, 2.45) is 0 Å². The van der Waals surface area contributed by atoms with Crippen molar-refractivity contribution in [1.29, 1.82) is 0 Å². The van der Waals surface area contributed by atoms with Gasteiger partial charge in [-0.1, -0.05) is 36.4 Å². The molecule has 1 aliphatic rings. The number of anilines is 1. The second-order valence-corrected chi connectivity index (χ2v) is 6.23. The lowest BCUT2D eigenvalue weighted by Crippen LogP contribution is -2.43. The largest absolute Gasteiger partial charge is 0.478 e. The first kappa shape index (κ1) is 17.7. The van der Waals surface area contributed by atoms with Crippen LogP contribution in [-0.4, -0.2) is 34.3 Å². The van der Waals surface area contributed by atoms with Crippen molar-refractivity contribution in [3.8, 4) is 0 Å². The van der Waals surface area contributed by atoms with Crippen molar-refractivity contribution >= 4 is 23.5 Å². The first-order chi connectivity index (χ1) is 12.6. The molecule has 0 aliphatic carbocycles. The molecule has 2 aromatic rings. The van der Waals surface area contributed by atoms with Gasteiger partial charge in [0.2, 0.25) is 5.91 Å². The Morgan fingerprint density at radius 1 is 1.04 bits per heavy atom. The minimum Gasteiger partial charge on any atom is -0.478 e. The number of amides is 2. The maximum atomic E-state index is 13.0. The van der Waals surface area contributed by atoms with Gasteiger partial charge >= 0.3 is 5.97 Å². The summed E-state index contributed by atoms with van der Waals surface area (Å²) in [5, 5.41) is 11.9. The number of nitrogens with one attached hydrogen (secondary N) is 1. The fourth-order valence-corrected chi connectivity index (χ4v) is 3.15. The average Bonchev–Trinajstić information content (AvgIpc) is 2.64. The van der Waals surface area contributed by atoms with Gasteiger partial charge in [0.25, 0.3) is 5.91 Å². The highest BCUT2D eigenvalue weighted by Gasteiger charge is 2.32. The zero-order valence-electron chi connectivity index (χ0n) is 14.2. The summed E-state index contributed by atoms with van der Waals surface area (Å²) in [6.07, 6.45) is 2.13. The van der Waals surface area contributed by atoms with E-state index in [9.17, 15) is 14.4 Å². The van der Waals surface area contributed by atoms with Crippen molar-refractivity contribution < 1.29 is 19.5 Å². The molecule has 0 radical (unpaired) electrons. The molecule has 0 saturated carbocycles. The number of carbonyl (C=O) groups excluding carboxylic acids is 2. The molecule has 0 spiro atoms. The van der Waals surface area contributed by atoms with Gasteiger partial charge in [0.15, 0.2) is 0 Å². The Labute approximate surface area is 151 Å². The van der Waals surface area contributed by atoms with Gasteiger partial charge < -0.3 is 15.3 Å². The molecule has 2 amide bonds. The molecular formula is C20H20N2O4. The quantitative estimate of drug-likeness (QED) is 0.866. The summed E-state index contributed by atoms with van der Waals surface area (Å²) in [7, 11) is 0. The summed E-state index contributed by atoms with van der Waals surface area (Å²) in [4.78, 5) is 38.1. The fraction of sp³-hybridized carbons (Fsp3) is 0.250. The van der Waals surface area contributed by atoms with Crippen LogP contribution in [0, 0.1) is 0 Å². The van der Waals surface area contributed by atoms with Crippen LogP contribution in [0.1, 0.15) is 41.2 Å². The molecule has 1 aliphatic heterocycles. The molecule has 2 N–H and O–H groups in total. The smallest absolute Gasteiger partial charge is 0.335 e. The molecule has 2 aromatic carbocycles. The fourth-order valence-electron chi connectivity index (χ4n) is 3.15. The maximum absolute atomic E-state index is 13.0. The van der Waals surface area contributed by atoms with Gasteiger partial charge in [0, 0.05) is 18.7 Å². The highest BCUT2D eigenvalue weighted by Crippen LogP contribution is 2.27. The van der Waals surface area contributed by atoms with Crippen LogP contribution in [-0.2, 0) is 9.59 Å². The van der Waals surface area contributed by atoms with Crippen LogP contribution in [0.3, 0.4) is 0 Å². The van der Waals surface area contributed by atoms with Crippen LogP contribution in [0.25, 0.3) is 0 Å². The third-order valence-corrected chi connectivity index (χ3v) is 4.41. The van der Waals surface area contributed by atoms with Crippen LogP contribution in [0.2, 0.25) is 0 Å². The average molecular weight is 352 g/mol. The zero-order valence-corrected chi connectivity index (χ0v) is 14.2. The molecule has 1 atom stereocenters. The van der Waals surface area contributed by atoms with Crippen molar-refractivity contribution in [2.75, 3.05) is 11.9 Å². The van der Waals surface area contributed by atoms with Gasteiger partial charge in [-0.25, -0.2) is 4.79 Å². The molecule has 6 nitrogen and oxygen atoms in total. The van der Waals surface area contributed by atoms with E-state index in [-0.39, 0.29) is 17.4 Å². The number of aromatic carboxylic acids is 1. The van der Waals surface area contributed by atoms with E-state index in [4.69, 9.17) is 5.11 Å². The second-order valence-electron chi connectivity index (χ2n) is 6.23. The van der Waals surface area contributed by atoms with Crippen molar-refractivity contribution in [1.82, 2.24) is 4.90 Å². The summed E-state index contributed by atoms with van der Waals surface area (Å²) in [5.74, 6) is -1.46. The maximum Gasteiger partial charge on any atom is 0.335 e. The lowest BCUT2D eigenvalue weighted by molar-refractivity contribution is -0.141. The molecule has 1 heterocycles. The highest BCUT2D eigenvalue weighted by atomic mass is 16.4. The molecule has 6 heteroatoms. The van der Waals surface area contributed by atoms with E-state index in [0.29, 0.717) is 18.7 Å². The first-order valence-corrected chi connectivity index (χ1v) is 8.55.